The molecule has 13 heteroatoms. The zero-order valence-corrected chi connectivity index (χ0v) is 27.7. The molecule has 2 aliphatic heterocycles. The van der Waals surface area contributed by atoms with Gasteiger partial charge in [-0.25, -0.2) is 22.2 Å². The van der Waals surface area contributed by atoms with Gasteiger partial charge in [-0.15, -0.1) is 6.42 Å². The second kappa shape index (κ2) is 12.3. The van der Waals surface area contributed by atoms with E-state index in [1.165, 1.54) is 31.4 Å². The molecule has 3 aliphatic rings. The molecule has 7 rings (SSSR count). The first-order valence-corrected chi connectivity index (χ1v) is 18.0. The Balaban J connectivity index is 1.43. The number of phenolic OH excluding ortho intramolecular Hbond substituents is 1. The van der Waals surface area contributed by atoms with Gasteiger partial charge in [0.25, 0.3) is 0 Å². The highest BCUT2D eigenvalue weighted by atomic mass is 32.2. The number of nitrogens with zero attached hydrogens (tertiary/aromatic N) is 5. The van der Waals surface area contributed by atoms with Crippen LogP contribution in [0.15, 0.2) is 24.3 Å². The second-order valence-corrected chi connectivity index (χ2v) is 15.4. The molecule has 2 aromatic heterocycles. The summed E-state index contributed by atoms with van der Waals surface area (Å²) < 4.78 is 69.1. The molecular weight excluding hydrogens is 640 g/mol. The molecule has 1 N–H and O–H groups in total. The summed E-state index contributed by atoms with van der Waals surface area (Å²) in [5, 5.41) is 11.3. The van der Waals surface area contributed by atoms with Crippen molar-refractivity contribution in [3.05, 3.63) is 41.5 Å². The average Bonchev–Trinajstić information content (AvgIpc) is 3.42. The monoisotopic (exact) mass is 677 g/mol. The van der Waals surface area contributed by atoms with E-state index in [1.807, 2.05) is 0 Å². The molecule has 4 aromatic rings. The van der Waals surface area contributed by atoms with Gasteiger partial charge < -0.3 is 24.4 Å². The third-order valence-corrected chi connectivity index (χ3v) is 12.0. The first-order valence-electron chi connectivity index (χ1n) is 16.2. The number of methoxy groups -OCH3 is 1. The molecule has 1 aliphatic carbocycles. The van der Waals surface area contributed by atoms with Crippen LogP contribution < -0.4 is 14.4 Å². The summed E-state index contributed by atoms with van der Waals surface area (Å²) in [4.78, 5) is 18.0. The first-order chi connectivity index (χ1) is 23.0. The Morgan fingerprint density at radius 3 is 2.67 bits per heavy atom. The smallest absolute Gasteiger partial charge is 0.319 e. The van der Waals surface area contributed by atoms with Crippen molar-refractivity contribution in [1.29, 1.82) is 0 Å². The molecule has 10 nitrogen and oxygen atoms in total. The Morgan fingerprint density at radius 2 is 1.88 bits per heavy atom. The molecule has 3 fully saturated rings. The maximum atomic E-state index is 17.0. The molecule has 0 spiro atoms. The van der Waals surface area contributed by atoms with Crippen LogP contribution in [-0.2, 0) is 9.84 Å². The van der Waals surface area contributed by atoms with Crippen LogP contribution in [0.4, 0.5) is 14.6 Å². The number of hydrogen-bond donors (Lipinski definition) is 1. The van der Waals surface area contributed by atoms with Crippen molar-refractivity contribution in [2.45, 2.75) is 44.6 Å². The molecular formula is C35H37F2N5O5S. The van der Waals surface area contributed by atoms with E-state index >= 15 is 4.39 Å². The Kier molecular flexibility index (Phi) is 8.28. The topological polar surface area (TPSA) is 118 Å². The molecule has 2 aromatic carbocycles. The van der Waals surface area contributed by atoms with Crippen LogP contribution in [0, 0.1) is 29.4 Å². The minimum absolute atomic E-state index is 0.0276. The molecule has 0 amide bonds. The number of phenols is 1. The van der Waals surface area contributed by atoms with E-state index in [0.29, 0.717) is 31.0 Å². The number of aromatic hydroxyl groups is 1. The number of benzene rings is 2. The lowest BCUT2D eigenvalue weighted by Crippen LogP contribution is -2.50. The van der Waals surface area contributed by atoms with Gasteiger partial charge in [0.05, 0.1) is 30.8 Å². The fourth-order valence-electron chi connectivity index (χ4n) is 8.01. The third kappa shape index (κ3) is 5.54. The van der Waals surface area contributed by atoms with Crippen LogP contribution in [0.1, 0.15) is 44.1 Å². The summed E-state index contributed by atoms with van der Waals surface area (Å²) in [5.41, 5.74) is -0.571. The highest BCUT2D eigenvalue weighted by Gasteiger charge is 2.47. The van der Waals surface area contributed by atoms with Gasteiger partial charge in [-0.05, 0) is 69.3 Å². The van der Waals surface area contributed by atoms with Crippen molar-refractivity contribution in [3.8, 4) is 41.2 Å². The number of rotatable bonds is 6. The van der Waals surface area contributed by atoms with Gasteiger partial charge in [-0.2, -0.15) is 9.97 Å². The summed E-state index contributed by atoms with van der Waals surface area (Å²) >= 11 is 0. The lowest BCUT2D eigenvalue weighted by atomic mass is 9.76. The van der Waals surface area contributed by atoms with E-state index in [0.717, 1.165) is 38.6 Å². The summed E-state index contributed by atoms with van der Waals surface area (Å²) in [6.45, 7) is 1.84. The van der Waals surface area contributed by atoms with Crippen molar-refractivity contribution in [3.63, 3.8) is 0 Å². The second-order valence-electron chi connectivity index (χ2n) is 13.1. The molecule has 2 atom stereocenters. The molecule has 4 heterocycles. The molecule has 1 saturated carbocycles. The van der Waals surface area contributed by atoms with E-state index in [9.17, 15) is 17.9 Å². The van der Waals surface area contributed by atoms with Crippen molar-refractivity contribution in [2.24, 2.45) is 5.41 Å². The fraction of sp³-hybridized carbons (Fsp3) is 0.457. The van der Waals surface area contributed by atoms with Crippen LogP contribution in [0.2, 0.25) is 0 Å². The van der Waals surface area contributed by atoms with E-state index in [1.54, 1.807) is 4.90 Å². The first kappa shape index (κ1) is 32.3. The zero-order valence-electron chi connectivity index (χ0n) is 26.9. The maximum Gasteiger partial charge on any atom is 0.319 e. The summed E-state index contributed by atoms with van der Waals surface area (Å²) in [6, 6.07) is 5.63. The number of sulfone groups is 1. The normalized spacial score (nSPS) is 22.7. The van der Waals surface area contributed by atoms with E-state index in [2.05, 4.69) is 27.8 Å². The average molecular weight is 678 g/mol. The molecule has 2 unspecified atom stereocenters. The van der Waals surface area contributed by atoms with E-state index < -0.39 is 21.5 Å². The minimum atomic E-state index is -3.28. The minimum Gasteiger partial charge on any atom is -0.508 e. The number of anilines is 1. The fourth-order valence-corrected chi connectivity index (χ4v) is 9.28. The lowest BCUT2D eigenvalue weighted by Gasteiger charge is -2.44. The van der Waals surface area contributed by atoms with Gasteiger partial charge in [0.15, 0.2) is 15.7 Å². The number of aromatic nitrogens is 3. The van der Waals surface area contributed by atoms with E-state index in [4.69, 9.17) is 20.9 Å². The van der Waals surface area contributed by atoms with Crippen LogP contribution >= 0.6 is 0 Å². The summed E-state index contributed by atoms with van der Waals surface area (Å²) in [6.07, 6.45) is 11.3. The highest BCUT2D eigenvalue weighted by Crippen LogP contribution is 2.48. The van der Waals surface area contributed by atoms with Crippen molar-refractivity contribution in [1.82, 2.24) is 19.9 Å². The van der Waals surface area contributed by atoms with Gasteiger partial charge in [-0.1, -0.05) is 18.4 Å². The van der Waals surface area contributed by atoms with Crippen LogP contribution in [0.3, 0.4) is 0 Å². The number of piperidine rings is 1. The standard InChI is InChI=1S/C35H37F2N5O5S/c1-4-23-25(36)10-9-21-18-22(43)19-24(27(21)23)30-29(37)31-28(33(38-30)46-3)32(42-14-7-16-48(44,45)17-15-42)40-34(39-31)47-20-35-11-5-8-26(35)41(2)13-6-12-35/h1,9-10,18-19,26,43H,5-8,11-17,20H2,2-3H3. The number of hydrogen-bond acceptors (Lipinski definition) is 10. The number of pyridine rings is 1. The Hall–Kier alpha value is -4.28. The SMILES string of the molecule is C#Cc1c(F)ccc2cc(O)cc(-c3nc(OC)c4c(N5CCCS(=O)(=O)CC5)nc(OCC56CCCC5N(C)CCC6)nc4c3F)c12. The molecule has 0 bridgehead atoms. The van der Waals surface area contributed by atoms with Gasteiger partial charge in [0.1, 0.15) is 34.0 Å². The number of terminal acetylenes is 1. The third-order valence-electron chi connectivity index (χ3n) is 10.3. The van der Waals surface area contributed by atoms with Gasteiger partial charge >= 0.3 is 6.01 Å². The highest BCUT2D eigenvalue weighted by molar-refractivity contribution is 7.91. The van der Waals surface area contributed by atoms with Gasteiger partial charge in [0.2, 0.25) is 5.88 Å². The van der Waals surface area contributed by atoms with Gasteiger partial charge in [-0.3, -0.25) is 0 Å². The predicted octanol–water partition coefficient (Wildman–Crippen LogP) is 5.09. The number of likely N-dealkylation sites (tertiary alicyclic amines) is 1. The number of fused-ring (bicyclic) bond motifs is 3. The molecule has 2 saturated heterocycles. The molecule has 0 radical (unpaired) electrons. The molecule has 252 valence electrons. The van der Waals surface area contributed by atoms with Crippen molar-refractivity contribution in [2.75, 3.05) is 56.8 Å². The predicted molar refractivity (Wildman–Crippen MR) is 179 cm³/mol. The Morgan fingerprint density at radius 1 is 1.06 bits per heavy atom. The van der Waals surface area contributed by atoms with Crippen molar-refractivity contribution >= 4 is 37.3 Å². The molecule has 48 heavy (non-hydrogen) atoms. The summed E-state index contributed by atoms with van der Waals surface area (Å²) in [7, 11) is 0.233. The quantitative estimate of drug-likeness (QED) is 0.277. The van der Waals surface area contributed by atoms with Crippen LogP contribution in [0.5, 0.6) is 17.6 Å². The zero-order chi connectivity index (χ0) is 33.8. The van der Waals surface area contributed by atoms with Crippen LogP contribution in [0.25, 0.3) is 32.9 Å². The van der Waals surface area contributed by atoms with Gasteiger partial charge in [0, 0.05) is 35.5 Å². The largest absolute Gasteiger partial charge is 0.508 e. The van der Waals surface area contributed by atoms with E-state index in [-0.39, 0.29) is 80.0 Å². The number of ether oxygens (including phenoxy) is 2. The van der Waals surface area contributed by atoms with Crippen LogP contribution in [-0.4, -0.2) is 91.3 Å². The maximum absolute atomic E-state index is 17.0. The van der Waals surface area contributed by atoms with Crippen molar-refractivity contribution < 1.29 is 31.8 Å². The Labute approximate surface area is 278 Å². The lowest BCUT2D eigenvalue weighted by molar-refractivity contribution is 0.0133. The number of halogens is 2. The Bertz CT molecular complexity index is 2090. The summed E-state index contributed by atoms with van der Waals surface area (Å²) in [5.74, 6) is 0.735.